The monoisotopic (exact) mass is 456 g/mol. The van der Waals surface area contributed by atoms with Gasteiger partial charge in [0.2, 0.25) is 5.91 Å². The highest BCUT2D eigenvalue weighted by Gasteiger charge is 2.19. The summed E-state index contributed by atoms with van der Waals surface area (Å²) in [7, 11) is 0. The number of fused-ring (bicyclic) bond motifs is 1. The lowest BCUT2D eigenvalue weighted by Crippen LogP contribution is -2.14. The molecule has 0 aliphatic rings. The van der Waals surface area contributed by atoms with Crippen LogP contribution in [0, 0.1) is 6.92 Å². The molecule has 0 saturated heterocycles. The fourth-order valence-electron chi connectivity index (χ4n) is 2.97. The van der Waals surface area contributed by atoms with Crippen LogP contribution in [-0.4, -0.2) is 27.3 Å². The van der Waals surface area contributed by atoms with Crippen LogP contribution in [0.25, 0.3) is 15.9 Å². The number of carbonyl (C=O) groups excluding carboxylic acids is 2. The number of halogens is 1. The van der Waals surface area contributed by atoms with Crippen molar-refractivity contribution in [3.8, 4) is 5.69 Å². The molecule has 2 aromatic carbocycles. The number of benzene rings is 2. The van der Waals surface area contributed by atoms with Crippen molar-refractivity contribution < 1.29 is 9.59 Å². The fourth-order valence-corrected chi connectivity index (χ4v) is 5.01. The molecule has 0 saturated carbocycles. The van der Waals surface area contributed by atoms with E-state index < -0.39 is 5.91 Å². The van der Waals surface area contributed by atoms with Gasteiger partial charge in [0, 0.05) is 10.3 Å². The van der Waals surface area contributed by atoms with Gasteiger partial charge in [0.05, 0.1) is 32.7 Å². The molecule has 0 fully saturated rings. The molecule has 2 amide bonds. The van der Waals surface area contributed by atoms with E-state index in [1.54, 1.807) is 10.7 Å². The number of thioether (sulfide) groups is 1. The van der Waals surface area contributed by atoms with Gasteiger partial charge in [0.1, 0.15) is 4.83 Å². The molecule has 0 radical (unpaired) electrons. The predicted molar refractivity (Wildman–Crippen MR) is 123 cm³/mol. The minimum atomic E-state index is -0.412. The molecule has 0 atom stereocenters. The van der Waals surface area contributed by atoms with Gasteiger partial charge < -0.3 is 11.1 Å². The summed E-state index contributed by atoms with van der Waals surface area (Å²) in [5, 5.41) is 9.01. The third-order valence-corrected chi connectivity index (χ3v) is 6.88. The van der Waals surface area contributed by atoms with Gasteiger partial charge in [-0.1, -0.05) is 35.9 Å². The molecular formula is C21H17ClN4O2S2. The SMILES string of the molecule is Cc1nn(-c2ccccc2Cl)c2sc(C(=O)Nc3ccccc3SCC(N)=O)cc12. The van der Waals surface area contributed by atoms with Gasteiger partial charge in [0.15, 0.2) is 0 Å². The number of thiophene rings is 1. The maximum Gasteiger partial charge on any atom is 0.265 e. The van der Waals surface area contributed by atoms with E-state index in [-0.39, 0.29) is 11.7 Å². The molecule has 3 N–H and O–H groups in total. The zero-order valence-corrected chi connectivity index (χ0v) is 18.3. The van der Waals surface area contributed by atoms with Crippen LogP contribution in [0.3, 0.4) is 0 Å². The third-order valence-electron chi connectivity index (χ3n) is 4.35. The quantitative estimate of drug-likeness (QED) is 0.404. The summed E-state index contributed by atoms with van der Waals surface area (Å²) in [6, 6.07) is 16.6. The summed E-state index contributed by atoms with van der Waals surface area (Å²) in [5.41, 5.74) is 7.45. The highest BCUT2D eigenvalue weighted by Crippen LogP contribution is 2.33. The van der Waals surface area contributed by atoms with E-state index in [0.717, 1.165) is 26.5 Å². The Morgan fingerprint density at radius 2 is 1.93 bits per heavy atom. The number of anilines is 1. The summed E-state index contributed by atoms with van der Waals surface area (Å²) >= 11 is 8.98. The lowest BCUT2D eigenvalue weighted by Gasteiger charge is -2.09. The Labute approximate surface area is 186 Å². The van der Waals surface area contributed by atoms with Crippen molar-refractivity contribution in [2.45, 2.75) is 11.8 Å². The molecule has 4 aromatic rings. The van der Waals surface area contributed by atoms with Crippen LogP contribution in [0.5, 0.6) is 0 Å². The number of nitrogens with one attached hydrogen (secondary N) is 1. The average Bonchev–Trinajstić information content (AvgIpc) is 3.29. The van der Waals surface area contributed by atoms with Gasteiger partial charge >= 0.3 is 0 Å². The van der Waals surface area contributed by atoms with Crippen molar-refractivity contribution in [1.29, 1.82) is 0 Å². The standard InChI is InChI=1S/C21H17ClN4O2S2/c1-12-13-10-18(30-21(13)26(25-12)16-8-4-2-6-14(16)22)20(28)24-15-7-3-5-9-17(15)29-11-19(23)27/h2-10H,11H2,1H3,(H2,23,27)(H,24,28). The Morgan fingerprint density at radius 1 is 1.20 bits per heavy atom. The molecule has 152 valence electrons. The minimum Gasteiger partial charge on any atom is -0.369 e. The molecular weight excluding hydrogens is 440 g/mol. The molecule has 30 heavy (non-hydrogen) atoms. The van der Waals surface area contributed by atoms with Gasteiger partial charge in [-0.2, -0.15) is 5.10 Å². The molecule has 9 heteroatoms. The molecule has 0 unspecified atom stereocenters. The molecule has 2 aromatic heterocycles. The molecule has 6 nitrogen and oxygen atoms in total. The number of nitrogens with two attached hydrogens (primary N) is 1. The number of hydrogen-bond acceptors (Lipinski definition) is 5. The number of amides is 2. The fraction of sp³-hybridized carbons (Fsp3) is 0.0952. The third kappa shape index (κ3) is 4.07. The predicted octanol–water partition coefficient (Wildman–Crippen LogP) is 4.88. The topological polar surface area (TPSA) is 90.0 Å². The van der Waals surface area contributed by atoms with Gasteiger partial charge in [0.25, 0.3) is 5.91 Å². The molecule has 4 rings (SSSR count). The number of hydrogen-bond donors (Lipinski definition) is 2. The van der Waals surface area contributed by atoms with Gasteiger partial charge in [-0.05, 0) is 37.3 Å². The summed E-state index contributed by atoms with van der Waals surface area (Å²) in [4.78, 5) is 26.2. The van der Waals surface area contributed by atoms with Crippen molar-refractivity contribution in [1.82, 2.24) is 9.78 Å². The smallest absolute Gasteiger partial charge is 0.265 e. The first-order valence-corrected chi connectivity index (χ1v) is 11.2. The van der Waals surface area contributed by atoms with Crippen LogP contribution in [0.4, 0.5) is 5.69 Å². The number of nitrogens with zero attached hydrogens (tertiary/aromatic N) is 2. The van der Waals surface area contributed by atoms with Gasteiger partial charge in [-0.3, -0.25) is 9.59 Å². The van der Waals surface area contributed by atoms with E-state index in [9.17, 15) is 9.59 Å². The van der Waals surface area contributed by atoms with Gasteiger partial charge in [-0.25, -0.2) is 4.68 Å². The molecule has 0 bridgehead atoms. The zero-order valence-electron chi connectivity index (χ0n) is 15.9. The molecule has 0 aliphatic carbocycles. The van der Waals surface area contributed by atoms with Crippen LogP contribution in [0.15, 0.2) is 59.5 Å². The Balaban J connectivity index is 1.65. The van der Waals surface area contributed by atoms with E-state index in [1.807, 2.05) is 55.5 Å². The van der Waals surface area contributed by atoms with E-state index in [4.69, 9.17) is 17.3 Å². The second-order valence-corrected chi connectivity index (χ2v) is 8.94. The molecule has 0 aliphatic heterocycles. The molecule has 0 spiro atoms. The number of aryl methyl sites for hydroxylation is 1. The van der Waals surface area contributed by atoms with Crippen molar-refractivity contribution in [3.05, 3.63) is 70.2 Å². The first kappa shape index (κ1) is 20.5. The number of para-hydroxylation sites is 2. The van der Waals surface area contributed by atoms with E-state index >= 15 is 0 Å². The van der Waals surface area contributed by atoms with E-state index in [0.29, 0.717) is 15.6 Å². The Kier molecular flexibility index (Phi) is 5.80. The summed E-state index contributed by atoms with van der Waals surface area (Å²) in [6.07, 6.45) is 0. The van der Waals surface area contributed by atoms with E-state index in [1.165, 1.54) is 23.1 Å². The van der Waals surface area contributed by atoms with Crippen LogP contribution in [0.1, 0.15) is 15.4 Å². The Morgan fingerprint density at radius 3 is 2.70 bits per heavy atom. The summed E-state index contributed by atoms with van der Waals surface area (Å²) in [5.74, 6) is -0.499. The average molecular weight is 457 g/mol. The summed E-state index contributed by atoms with van der Waals surface area (Å²) < 4.78 is 1.77. The van der Waals surface area contributed by atoms with E-state index in [2.05, 4.69) is 10.4 Å². The van der Waals surface area contributed by atoms with Crippen LogP contribution in [-0.2, 0) is 4.79 Å². The van der Waals surface area contributed by atoms with Crippen molar-refractivity contribution in [2.24, 2.45) is 5.73 Å². The normalized spacial score (nSPS) is 11.0. The number of carbonyl (C=O) groups is 2. The Hall–Kier alpha value is -2.81. The van der Waals surface area contributed by atoms with Crippen LogP contribution < -0.4 is 11.1 Å². The molecule has 2 heterocycles. The highest BCUT2D eigenvalue weighted by atomic mass is 35.5. The van der Waals surface area contributed by atoms with Crippen molar-refractivity contribution >= 4 is 62.4 Å². The highest BCUT2D eigenvalue weighted by molar-refractivity contribution is 8.00. The van der Waals surface area contributed by atoms with Crippen molar-refractivity contribution in [3.63, 3.8) is 0 Å². The van der Waals surface area contributed by atoms with Gasteiger partial charge in [-0.15, -0.1) is 23.1 Å². The lowest BCUT2D eigenvalue weighted by molar-refractivity contribution is -0.115. The number of rotatable bonds is 6. The second-order valence-electron chi connectivity index (χ2n) is 6.48. The second kappa shape index (κ2) is 8.51. The first-order chi connectivity index (χ1) is 14.4. The largest absolute Gasteiger partial charge is 0.369 e. The maximum atomic E-state index is 12.9. The first-order valence-electron chi connectivity index (χ1n) is 8.99. The number of aromatic nitrogens is 2. The van der Waals surface area contributed by atoms with Crippen LogP contribution in [0.2, 0.25) is 5.02 Å². The lowest BCUT2D eigenvalue weighted by atomic mass is 10.3. The Bertz CT molecular complexity index is 1270. The number of primary amides is 1. The van der Waals surface area contributed by atoms with Crippen molar-refractivity contribution in [2.75, 3.05) is 11.1 Å². The maximum absolute atomic E-state index is 12.9. The van der Waals surface area contributed by atoms with Crippen LogP contribution >= 0.6 is 34.7 Å². The minimum absolute atomic E-state index is 0.142. The zero-order chi connectivity index (χ0) is 21.3. The summed E-state index contributed by atoms with van der Waals surface area (Å²) in [6.45, 7) is 1.90.